The molecule has 282 valence electrons. The van der Waals surface area contributed by atoms with Gasteiger partial charge < -0.3 is 14.4 Å². The van der Waals surface area contributed by atoms with Crippen molar-refractivity contribution in [3.05, 3.63) is 218 Å². The smallest absolute Gasteiger partial charge is 0.156 e. The Balaban J connectivity index is 0.912. The molecule has 0 amide bonds. The van der Waals surface area contributed by atoms with Crippen LogP contribution in [-0.4, -0.2) is 0 Å². The molecule has 0 aromatic heterocycles. The van der Waals surface area contributed by atoms with Crippen molar-refractivity contribution in [1.29, 1.82) is 0 Å². The minimum Gasteiger partial charge on any atom is -0.453 e. The molecule has 4 heteroatoms. The van der Waals surface area contributed by atoms with Gasteiger partial charge in [0, 0.05) is 17.1 Å². The third kappa shape index (κ3) is 5.69. The van der Waals surface area contributed by atoms with Crippen LogP contribution < -0.4 is 19.3 Å². The van der Waals surface area contributed by atoms with E-state index in [9.17, 15) is 0 Å². The fourth-order valence-electron chi connectivity index (χ4n) is 8.89. The van der Waals surface area contributed by atoms with E-state index in [0.29, 0.717) is 0 Å². The van der Waals surface area contributed by atoms with Gasteiger partial charge in [-0.15, -0.1) is 0 Å². The average Bonchev–Trinajstić information content (AvgIpc) is 3.32. The second-order valence-corrected chi connectivity index (χ2v) is 15.4. The van der Waals surface area contributed by atoms with Gasteiger partial charge in [0.25, 0.3) is 0 Å². The summed E-state index contributed by atoms with van der Waals surface area (Å²) in [5.41, 5.74) is 12.9. The normalized spacial score (nSPS) is 12.2. The Morgan fingerprint density at radius 1 is 0.300 bits per heavy atom. The third-order valence-corrected chi connectivity index (χ3v) is 11.8. The largest absolute Gasteiger partial charge is 0.453 e. The SMILES string of the molecule is c1ccc(-c2ccc(N(c3ccc(-c4cccc(-c5cc6c7c(c5)Oc5ccccc5N7c5ccccc5O6)c4)cc3)c3ccc4c(ccc5ccccc54)c3)cc2)cc1. The van der Waals surface area contributed by atoms with Crippen LogP contribution in [0.4, 0.5) is 34.1 Å². The molecule has 0 aliphatic carbocycles. The van der Waals surface area contributed by atoms with Crippen molar-refractivity contribution in [1.82, 2.24) is 0 Å². The van der Waals surface area contributed by atoms with Crippen LogP contribution in [0.5, 0.6) is 23.0 Å². The van der Waals surface area contributed by atoms with Crippen molar-refractivity contribution >= 4 is 55.7 Å². The first-order valence-electron chi connectivity index (χ1n) is 20.3. The van der Waals surface area contributed by atoms with Crippen molar-refractivity contribution in [2.45, 2.75) is 0 Å². The molecule has 0 spiro atoms. The number of rotatable bonds is 6. The van der Waals surface area contributed by atoms with E-state index in [0.717, 1.165) is 79.4 Å². The van der Waals surface area contributed by atoms with Crippen LogP contribution in [-0.2, 0) is 0 Å². The van der Waals surface area contributed by atoms with Crippen LogP contribution in [0, 0.1) is 0 Å². The van der Waals surface area contributed by atoms with E-state index in [1.807, 2.05) is 36.4 Å². The van der Waals surface area contributed by atoms with Gasteiger partial charge in [0.15, 0.2) is 23.0 Å². The lowest BCUT2D eigenvalue weighted by atomic mass is 9.97. The predicted octanol–water partition coefficient (Wildman–Crippen LogP) is 16.1. The Morgan fingerprint density at radius 3 is 1.48 bits per heavy atom. The van der Waals surface area contributed by atoms with Crippen LogP contribution >= 0.6 is 0 Å². The molecule has 0 saturated heterocycles. The highest BCUT2D eigenvalue weighted by Crippen LogP contribution is 2.60. The lowest BCUT2D eigenvalue weighted by Crippen LogP contribution is -2.20. The Labute approximate surface area is 348 Å². The van der Waals surface area contributed by atoms with E-state index in [-0.39, 0.29) is 0 Å². The molecule has 0 atom stereocenters. The highest BCUT2D eigenvalue weighted by atomic mass is 16.5. The van der Waals surface area contributed by atoms with Crippen molar-refractivity contribution in [3.63, 3.8) is 0 Å². The highest BCUT2D eigenvalue weighted by molar-refractivity contribution is 6.08. The van der Waals surface area contributed by atoms with Crippen molar-refractivity contribution in [3.8, 4) is 56.4 Å². The summed E-state index contributed by atoms with van der Waals surface area (Å²) in [5.74, 6) is 3.17. The summed E-state index contributed by atoms with van der Waals surface area (Å²) in [6.07, 6.45) is 0. The number of anilines is 6. The molecule has 0 bridgehead atoms. The maximum Gasteiger partial charge on any atom is 0.156 e. The summed E-state index contributed by atoms with van der Waals surface area (Å²) in [7, 11) is 0. The number of benzene rings is 10. The average molecular weight is 769 g/mol. The van der Waals surface area contributed by atoms with Gasteiger partial charge >= 0.3 is 0 Å². The van der Waals surface area contributed by atoms with Crippen LogP contribution in [0.25, 0.3) is 54.9 Å². The van der Waals surface area contributed by atoms with Crippen molar-refractivity contribution in [2.24, 2.45) is 0 Å². The fraction of sp³-hybridized carbons (Fsp3) is 0. The summed E-state index contributed by atoms with van der Waals surface area (Å²) in [6.45, 7) is 0. The zero-order valence-electron chi connectivity index (χ0n) is 32.5. The molecule has 0 unspecified atom stereocenters. The molecule has 2 aliphatic heterocycles. The molecule has 0 saturated carbocycles. The quantitative estimate of drug-likeness (QED) is 0.157. The number of ether oxygens (including phenoxy) is 2. The molecular formula is C56H36N2O2. The van der Waals surface area contributed by atoms with E-state index in [1.54, 1.807) is 0 Å². The molecule has 2 heterocycles. The van der Waals surface area contributed by atoms with Crippen molar-refractivity contribution < 1.29 is 9.47 Å². The lowest BCUT2D eigenvalue weighted by Gasteiger charge is -2.38. The maximum atomic E-state index is 6.57. The van der Waals surface area contributed by atoms with E-state index in [1.165, 1.54) is 32.7 Å². The first-order valence-corrected chi connectivity index (χ1v) is 20.3. The molecular weight excluding hydrogens is 733 g/mol. The summed E-state index contributed by atoms with van der Waals surface area (Å²) in [6, 6.07) is 77.5. The first kappa shape index (κ1) is 34.0. The molecule has 2 aliphatic rings. The zero-order valence-corrected chi connectivity index (χ0v) is 32.5. The van der Waals surface area contributed by atoms with E-state index in [2.05, 4.69) is 192 Å². The van der Waals surface area contributed by atoms with E-state index in [4.69, 9.17) is 9.47 Å². The number of hydrogen-bond acceptors (Lipinski definition) is 4. The topological polar surface area (TPSA) is 24.9 Å². The third-order valence-electron chi connectivity index (χ3n) is 11.8. The van der Waals surface area contributed by atoms with Crippen molar-refractivity contribution in [2.75, 3.05) is 9.80 Å². The molecule has 10 aromatic rings. The van der Waals surface area contributed by atoms with Gasteiger partial charge in [0.2, 0.25) is 0 Å². The summed E-state index contributed by atoms with van der Waals surface area (Å²) in [5, 5.41) is 4.97. The number of fused-ring (bicyclic) bond motifs is 7. The summed E-state index contributed by atoms with van der Waals surface area (Å²) < 4.78 is 13.1. The second-order valence-electron chi connectivity index (χ2n) is 15.4. The van der Waals surface area contributed by atoms with Gasteiger partial charge in [-0.25, -0.2) is 0 Å². The molecule has 0 radical (unpaired) electrons. The predicted molar refractivity (Wildman–Crippen MR) is 247 cm³/mol. The minimum atomic E-state index is 0.768. The van der Waals surface area contributed by atoms with Gasteiger partial charge in [-0.3, -0.25) is 4.90 Å². The number of hydrogen-bond donors (Lipinski definition) is 0. The standard InChI is InChI=1S/C56H36N2O2/c1-2-11-37(12-3-1)38-23-27-45(28-24-38)57(47-31-32-49-43(34-47)22-21-40-13-4-5-16-48(40)49)46-29-25-39(26-30-46)41-14-10-15-42(33-41)44-35-54-56-55(36-44)60-53-20-9-7-18-51(53)58(56)50-17-6-8-19-52(50)59-54/h1-36H. The van der Waals surface area contributed by atoms with Gasteiger partial charge in [-0.05, 0) is 134 Å². The Hall–Kier alpha value is -8.08. The monoisotopic (exact) mass is 768 g/mol. The zero-order chi connectivity index (χ0) is 39.6. The van der Waals surface area contributed by atoms with Gasteiger partial charge in [0.05, 0.1) is 11.4 Å². The van der Waals surface area contributed by atoms with Gasteiger partial charge in [0.1, 0.15) is 5.69 Å². The second kappa shape index (κ2) is 13.8. The van der Waals surface area contributed by atoms with E-state index < -0.39 is 0 Å². The molecule has 60 heavy (non-hydrogen) atoms. The lowest BCUT2D eigenvalue weighted by molar-refractivity contribution is 0.446. The van der Waals surface area contributed by atoms with Crippen LogP contribution in [0.2, 0.25) is 0 Å². The van der Waals surface area contributed by atoms with E-state index >= 15 is 0 Å². The highest BCUT2D eigenvalue weighted by Gasteiger charge is 2.35. The number of nitrogens with zero attached hydrogens (tertiary/aromatic N) is 2. The Bertz CT molecular complexity index is 3200. The summed E-state index contributed by atoms with van der Waals surface area (Å²) in [4.78, 5) is 4.60. The molecule has 10 aromatic carbocycles. The molecule has 0 N–H and O–H groups in total. The molecule has 0 fully saturated rings. The minimum absolute atomic E-state index is 0.768. The number of para-hydroxylation sites is 4. The van der Waals surface area contributed by atoms with Crippen LogP contribution in [0.1, 0.15) is 0 Å². The fourth-order valence-corrected chi connectivity index (χ4v) is 8.89. The Kier molecular flexibility index (Phi) is 7.82. The van der Waals surface area contributed by atoms with Crippen LogP contribution in [0.15, 0.2) is 218 Å². The van der Waals surface area contributed by atoms with Gasteiger partial charge in [-0.1, -0.05) is 140 Å². The molecule has 4 nitrogen and oxygen atoms in total. The Morgan fingerprint density at radius 2 is 0.800 bits per heavy atom. The van der Waals surface area contributed by atoms with Crippen LogP contribution in [0.3, 0.4) is 0 Å². The van der Waals surface area contributed by atoms with Gasteiger partial charge in [-0.2, -0.15) is 0 Å². The molecule has 12 rings (SSSR count). The first-order chi connectivity index (χ1) is 29.7. The summed E-state index contributed by atoms with van der Waals surface area (Å²) >= 11 is 0. The maximum absolute atomic E-state index is 6.57.